The Morgan fingerprint density at radius 1 is 1.15 bits per heavy atom. The van der Waals surface area contributed by atoms with Crippen molar-refractivity contribution >= 4 is 11.6 Å². The Morgan fingerprint density at radius 2 is 2.00 bits per heavy atom. The van der Waals surface area contributed by atoms with E-state index < -0.39 is 0 Å². The first kappa shape index (κ1) is 12.2. The minimum atomic E-state index is -0.205. The number of carbonyl (C=O) groups is 1. The molecule has 1 aromatic heterocycles. The summed E-state index contributed by atoms with van der Waals surface area (Å²) >= 11 is 0. The number of para-hydroxylation sites is 1. The minimum absolute atomic E-state index is 0.205. The van der Waals surface area contributed by atoms with Gasteiger partial charge in [0.15, 0.2) is 0 Å². The van der Waals surface area contributed by atoms with Crippen molar-refractivity contribution < 1.29 is 4.79 Å². The summed E-state index contributed by atoms with van der Waals surface area (Å²) < 4.78 is 0. The number of H-pyrrole nitrogens is 1. The van der Waals surface area contributed by atoms with E-state index in [1.54, 1.807) is 18.5 Å². The summed E-state index contributed by atoms with van der Waals surface area (Å²) in [5, 5.41) is 2.85. The summed E-state index contributed by atoms with van der Waals surface area (Å²) in [6.07, 6.45) is 3.38. The Hall–Kier alpha value is -2.88. The zero-order valence-electron chi connectivity index (χ0n) is 10.6. The van der Waals surface area contributed by atoms with E-state index in [2.05, 4.69) is 21.4 Å². The van der Waals surface area contributed by atoms with Crippen LogP contribution in [0, 0.1) is 6.07 Å². The Morgan fingerprint density at radius 3 is 2.75 bits per heavy atom. The van der Waals surface area contributed by atoms with Crippen molar-refractivity contribution in [3.8, 4) is 11.4 Å². The minimum Gasteiger partial charge on any atom is -0.345 e. The third-order valence-corrected chi connectivity index (χ3v) is 2.87. The molecular formula is C16H12N3O. The predicted octanol–water partition coefficient (Wildman–Crippen LogP) is 3.13. The van der Waals surface area contributed by atoms with Crippen LogP contribution in [0.25, 0.3) is 11.4 Å². The highest BCUT2D eigenvalue weighted by atomic mass is 16.1. The number of carbonyl (C=O) groups excluding carboxylic acids is 1. The molecule has 4 heteroatoms. The number of benzene rings is 2. The molecule has 0 saturated carbocycles. The van der Waals surface area contributed by atoms with Crippen LogP contribution in [0.2, 0.25) is 0 Å². The van der Waals surface area contributed by atoms with Gasteiger partial charge < -0.3 is 10.3 Å². The summed E-state index contributed by atoms with van der Waals surface area (Å²) in [5.74, 6) is 0.447. The first-order valence-electron chi connectivity index (χ1n) is 6.21. The van der Waals surface area contributed by atoms with Crippen LogP contribution < -0.4 is 5.32 Å². The fourth-order valence-corrected chi connectivity index (χ4v) is 1.95. The molecule has 0 aliphatic carbocycles. The normalized spacial score (nSPS) is 10.2. The van der Waals surface area contributed by atoms with Gasteiger partial charge in [0.05, 0.1) is 5.56 Å². The van der Waals surface area contributed by atoms with Crippen LogP contribution in [0.1, 0.15) is 10.4 Å². The third-order valence-electron chi connectivity index (χ3n) is 2.87. The second kappa shape index (κ2) is 5.40. The number of hydrogen-bond donors (Lipinski definition) is 2. The fraction of sp³-hybridized carbons (Fsp3) is 0. The zero-order chi connectivity index (χ0) is 13.8. The lowest BCUT2D eigenvalue weighted by Gasteiger charge is -2.08. The van der Waals surface area contributed by atoms with Gasteiger partial charge >= 0.3 is 0 Å². The maximum atomic E-state index is 12.3. The van der Waals surface area contributed by atoms with E-state index in [4.69, 9.17) is 0 Å². The van der Waals surface area contributed by atoms with E-state index in [1.807, 2.05) is 42.5 Å². The quantitative estimate of drug-likeness (QED) is 0.761. The van der Waals surface area contributed by atoms with E-state index in [1.165, 1.54) is 0 Å². The standard InChI is InChI=1S/C16H12N3O/c20-16(19-12-6-2-1-3-7-12)14-9-5-4-8-13(14)15-17-10-11-18-15/h1-8,10-11H,(H,17,18)(H,19,20). The second-order valence-electron chi connectivity index (χ2n) is 4.22. The van der Waals surface area contributed by atoms with Crippen LogP contribution in [0.15, 0.2) is 60.9 Å². The van der Waals surface area contributed by atoms with Gasteiger partial charge in [-0.15, -0.1) is 0 Å². The Bertz CT molecular complexity index is 706. The number of nitrogens with zero attached hydrogens (tertiary/aromatic N) is 1. The van der Waals surface area contributed by atoms with Crippen LogP contribution in [0.5, 0.6) is 0 Å². The molecule has 0 fully saturated rings. The molecule has 0 spiro atoms. The summed E-state index contributed by atoms with van der Waals surface area (Å²) in [6, 6.07) is 17.7. The first-order valence-corrected chi connectivity index (χ1v) is 6.21. The first-order chi connectivity index (χ1) is 9.84. The van der Waals surface area contributed by atoms with Gasteiger partial charge in [0, 0.05) is 23.6 Å². The molecule has 0 aliphatic rings. The van der Waals surface area contributed by atoms with Gasteiger partial charge in [0.1, 0.15) is 5.82 Å². The van der Waals surface area contributed by atoms with Crippen LogP contribution in [-0.4, -0.2) is 15.9 Å². The molecule has 0 aliphatic heterocycles. The number of amides is 1. The topological polar surface area (TPSA) is 57.8 Å². The van der Waals surface area contributed by atoms with E-state index >= 15 is 0 Å². The average Bonchev–Trinajstić information content (AvgIpc) is 3.02. The van der Waals surface area contributed by atoms with Crippen LogP contribution in [-0.2, 0) is 0 Å². The van der Waals surface area contributed by atoms with E-state index in [9.17, 15) is 4.79 Å². The van der Waals surface area contributed by atoms with Gasteiger partial charge in [-0.2, -0.15) is 0 Å². The molecule has 0 bridgehead atoms. The summed E-state index contributed by atoms with van der Waals surface area (Å²) in [4.78, 5) is 19.5. The van der Waals surface area contributed by atoms with Crippen molar-refractivity contribution in [2.45, 2.75) is 0 Å². The maximum absolute atomic E-state index is 12.3. The monoisotopic (exact) mass is 262 g/mol. The lowest BCUT2D eigenvalue weighted by molar-refractivity contribution is 0.102. The molecule has 1 heterocycles. The highest BCUT2D eigenvalue weighted by Gasteiger charge is 2.14. The van der Waals surface area contributed by atoms with E-state index in [0.29, 0.717) is 11.4 Å². The van der Waals surface area contributed by atoms with E-state index in [-0.39, 0.29) is 5.91 Å². The number of aromatic amines is 1. The fourth-order valence-electron chi connectivity index (χ4n) is 1.95. The van der Waals surface area contributed by atoms with Crippen molar-refractivity contribution in [3.05, 3.63) is 72.6 Å². The van der Waals surface area contributed by atoms with Crippen LogP contribution in [0.3, 0.4) is 0 Å². The second-order valence-corrected chi connectivity index (χ2v) is 4.22. The van der Waals surface area contributed by atoms with Gasteiger partial charge in [-0.25, -0.2) is 4.98 Å². The molecule has 3 rings (SSSR count). The molecule has 4 nitrogen and oxygen atoms in total. The third kappa shape index (κ3) is 2.44. The molecule has 20 heavy (non-hydrogen) atoms. The lowest BCUT2D eigenvalue weighted by atomic mass is 10.1. The smallest absolute Gasteiger partial charge is 0.257 e. The van der Waals surface area contributed by atoms with Crippen molar-refractivity contribution in [2.75, 3.05) is 5.32 Å². The molecule has 2 N–H and O–H groups in total. The number of rotatable bonds is 3. The highest BCUT2D eigenvalue weighted by Crippen LogP contribution is 2.20. The Labute approximate surface area is 116 Å². The molecule has 1 amide bonds. The largest absolute Gasteiger partial charge is 0.345 e. The van der Waals surface area contributed by atoms with Gasteiger partial charge in [0.2, 0.25) is 0 Å². The van der Waals surface area contributed by atoms with Crippen molar-refractivity contribution in [3.63, 3.8) is 0 Å². The highest BCUT2D eigenvalue weighted by molar-refractivity contribution is 6.08. The number of nitrogens with one attached hydrogen (secondary N) is 2. The maximum Gasteiger partial charge on any atom is 0.257 e. The van der Waals surface area contributed by atoms with Crippen LogP contribution in [0.4, 0.5) is 5.69 Å². The van der Waals surface area contributed by atoms with Crippen molar-refractivity contribution in [1.82, 2.24) is 9.97 Å². The number of aromatic nitrogens is 2. The molecule has 1 radical (unpaired) electrons. The SMILES string of the molecule is O=C(Nc1ccccc1)c1[c]cccc1-c1ncc[nH]1. The summed E-state index contributed by atoms with van der Waals surface area (Å²) in [6.45, 7) is 0. The lowest BCUT2D eigenvalue weighted by Crippen LogP contribution is -2.13. The van der Waals surface area contributed by atoms with Gasteiger partial charge in [0.25, 0.3) is 5.91 Å². The molecule has 97 valence electrons. The molecule has 0 unspecified atom stereocenters. The number of anilines is 1. The molecule has 2 aromatic carbocycles. The van der Waals surface area contributed by atoms with Crippen molar-refractivity contribution in [2.24, 2.45) is 0 Å². The molecular weight excluding hydrogens is 250 g/mol. The zero-order valence-corrected chi connectivity index (χ0v) is 10.6. The predicted molar refractivity (Wildman–Crippen MR) is 77.3 cm³/mol. The van der Waals surface area contributed by atoms with E-state index in [0.717, 1.165) is 11.3 Å². The summed E-state index contributed by atoms with van der Waals surface area (Å²) in [7, 11) is 0. The number of imidazole rings is 1. The van der Waals surface area contributed by atoms with Crippen molar-refractivity contribution in [1.29, 1.82) is 0 Å². The van der Waals surface area contributed by atoms with Gasteiger partial charge in [-0.05, 0) is 18.2 Å². The van der Waals surface area contributed by atoms with Crippen LogP contribution >= 0.6 is 0 Å². The Balaban J connectivity index is 1.93. The Kier molecular flexibility index (Phi) is 3.29. The average molecular weight is 262 g/mol. The van der Waals surface area contributed by atoms with Gasteiger partial charge in [-0.1, -0.05) is 36.4 Å². The summed E-state index contributed by atoms with van der Waals surface area (Å²) in [5.41, 5.74) is 1.94. The molecule has 0 saturated heterocycles. The molecule has 3 aromatic rings. The number of hydrogen-bond acceptors (Lipinski definition) is 2. The molecule has 0 atom stereocenters. The van der Waals surface area contributed by atoms with Gasteiger partial charge in [-0.3, -0.25) is 4.79 Å².